The largest absolute Gasteiger partial charge is 0.299 e. The van der Waals surface area contributed by atoms with E-state index in [4.69, 9.17) is 0 Å². The Morgan fingerprint density at radius 3 is 2.55 bits per heavy atom. The van der Waals surface area contributed by atoms with Gasteiger partial charge in [-0.1, -0.05) is 37.3 Å². The van der Waals surface area contributed by atoms with Crippen LogP contribution in [0.2, 0.25) is 0 Å². The van der Waals surface area contributed by atoms with Crippen molar-refractivity contribution in [3.8, 4) is 0 Å². The summed E-state index contributed by atoms with van der Waals surface area (Å²) in [6, 6.07) is 9.64. The van der Waals surface area contributed by atoms with Crippen molar-refractivity contribution in [2.24, 2.45) is 0 Å². The van der Waals surface area contributed by atoms with E-state index < -0.39 is 0 Å². The SMILES string of the molecule is CCC(=O)[CH]c1ccccc1. The number of carbonyl (C=O) groups is 1. The van der Waals surface area contributed by atoms with E-state index >= 15 is 0 Å². The first-order valence-corrected chi connectivity index (χ1v) is 3.75. The molecule has 0 saturated carbocycles. The van der Waals surface area contributed by atoms with Crippen LogP contribution in [0.3, 0.4) is 0 Å². The zero-order valence-electron chi connectivity index (χ0n) is 6.58. The summed E-state index contributed by atoms with van der Waals surface area (Å²) in [5, 5.41) is 0. The minimum Gasteiger partial charge on any atom is -0.299 e. The molecule has 1 radical (unpaired) electrons. The van der Waals surface area contributed by atoms with Crippen LogP contribution in [-0.2, 0) is 4.79 Å². The number of carbonyl (C=O) groups excluding carboxylic acids is 1. The summed E-state index contributed by atoms with van der Waals surface area (Å²) in [5.74, 6) is 0.177. The number of ketones is 1. The van der Waals surface area contributed by atoms with Gasteiger partial charge in [-0.2, -0.15) is 0 Å². The molecule has 0 aliphatic carbocycles. The summed E-state index contributed by atoms with van der Waals surface area (Å²) in [4.78, 5) is 10.9. The van der Waals surface area contributed by atoms with Crippen LogP contribution < -0.4 is 0 Å². The van der Waals surface area contributed by atoms with Gasteiger partial charge in [0.25, 0.3) is 0 Å². The molecule has 0 amide bonds. The minimum absolute atomic E-state index is 0.177. The Balaban J connectivity index is 2.58. The standard InChI is InChI=1S/C10H11O/c1-2-10(11)8-9-6-4-3-5-7-9/h3-8H,2H2,1H3. The highest BCUT2D eigenvalue weighted by Crippen LogP contribution is 2.03. The van der Waals surface area contributed by atoms with Crippen molar-refractivity contribution in [1.82, 2.24) is 0 Å². The number of rotatable bonds is 3. The van der Waals surface area contributed by atoms with Crippen molar-refractivity contribution in [3.63, 3.8) is 0 Å². The maximum atomic E-state index is 10.9. The molecular formula is C10H11O. The van der Waals surface area contributed by atoms with Gasteiger partial charge in [-0.25, -0.2) is 0 Å². The molecule has 1 aromatic rings. The van der Waals surface area contributed by atoms with Gasteiger partial charge in [0, 0.05) is 6.42 Å². The van der Waals surface area contributed by atoms with Gasteiger partial charge in [-0.3, -0.25) is 4.79 Å². The molecule has 0 atom stereocenters. The molecule has 1 heteroatoms. The molecule has 1 nitrogen and oxygen atoms in total. The molecule has 1 rings (SSSR count). The van der Waals surface area contributed by atoms with Gasteiger partial charge < -0.3 is 0 Å². The lowest BCUT2D eigenvalue weighted by molar-refractivity contribution is -0.115. The summed E-state index contributed by atoms with van der Waals surface area (Å²) in [7, 11) is 0. The monoisotopic (exact) mass is 147 g/mol. The molecule has 0 aromatic heterocycles. The minimum atomic E-state index is 0.177. The van der Waals surface area contributed by atoms with Crippen LogP contribution in [-0.4, -0.2) is 5.78 Å². The van der Waals surface area contributed by atoms with E-state index in [1.165, 1.54) is 0 Å². The third-order valence-electron chi connectivity index (χ3n) is 1.48. The Bertz CT molecular complexity index is 226. The van der Waals surface area contributed by atoms with E-state index in [0.717, 1.165) is 5.56 Å². The molecule has 57 valence electrons. The zero-order chi connectivity index (χ0) is 8.10. The maximum absolute atomic E-state index is 10.9. The Labute approximate surface area is 67.1 Å². The maximum Gasteiger partial charge on any atom is 0.141 e. The normalized spacial score (nSPS) is 9.55. The van der Waals surface area contributed by atoms with E-state index in [2.05, 4.69) is 0 Å². The second kappa shape index (κ2) is 3.91. The van der Waals surface area contributed by atoms with Crippen molar-refractivity contribution < 1.29 is 4.79 Å². The fraction of sp³-hybridized carbons (Fsp3) is 0.200. The van der Waals surface area contributed by atoms with E-state index in [-0.39, 0.29) is 5.78 Å². The van der Waals surface area contributed by atoms with Crippen LogP contribution in [0, 0.1) is 6.42 Å². The Morgan fingerprint density at radius 2 is 2.00 bits per heavy atom. The molecular weight excluding hydrogens is 136 g/mol. The van der Waals surface area contributed by atoms with Crippen LogP contribution in [0.25, 0.3) is 0 Å². The molecule has 1 aromatic carbocycles. The van der Waals surface area contributed by atoms with Gasteiger partial charge >= 0.3 is 0 Å². The van der Waals surface area contributed by atoms with Gasteiger partial charge in [-0.05, 0) is 5.56 Å². The topological polar surface area (TPSA) is 17.1 Å². The van der Waals surface area contributed by atoms with Gasteiger partial charge in [-0.15, -0.1) is 0 Å². The molecule has 0 aliphatic heterocycles. The second-order valence-corrected chi connectivity index (χ2v) is 2.37. The number of hydrogen-bond acceptors (Lipinski definition) is 1. The lowest BCUT2D eigenvalue weighted by atomic mass is 10.1. The summed E-state index contributed by atoms with van der Waals surface area (Å²) < 4.78 is 0. The Hall–Kier alpha value is -1.11. The average Bonchev–Trinajstić information content (AvgIpc) is 2.06. The summed E-state index contributed by atoms with van der Waals surface area (Å²) in [5.41, 5.74) is 0.986. The van der Waals surface area contributed by atoms with Crippen LogP contribution in [0.5, 0.6) is 0 Å². The lowest BCUT2D eigenvalue weighted by Crippen LogP contribution is -1.96. The Kier molecular flexibility index (Phi) is 2.84. The summed E-state index contributed by atoms with van der Waals surface area (Å²) >= 11 is 0. The van der Waals surface area contributed by atoms with Gasteiger partial charge in [0.05, 0.1) is 6.42 Å². The second-order valence-electron chi connectivity index (χ2n) is 2.37. The van der Waals surface area contributed by atoms with Crippen LogP contribution in [0.15, 0.2) is 30.3 Å². The van der Waals surface area contributed by atoms with Crippen LogP contribution in [0.1, 0.15) is 18.9 Å². The van der Waals surface area contributed by atoms with E-state index in [1.807, 2.05) is 37.3 Å². The van der Waals surface area contributed by atoms with Crippen molar-refractivity contribution in [2.75, 3.05) is 0 Å². The van der Waals surface area contributed by atoms with E-state index in [1.54, 1.807) is 6.42 Å². The third-order valence-corrected chi connectivity index (χ3v) is 1.48. The van der Waals surface area contributed by atoms with Crippen LogP contribution in [0.4, 0.5) is 0 Å². The van der Waals surface area contributed by atoms with Crippen molar-refractivity contribution >= 4 is 5.78 Å². The number of benzene rings is 1. The smallest absolute Gasteiger partial charge is 0.141 e. The molecule has 0 saturated heterocycles. The highest BCUT2D eigenvalue weighted by molar-refractivity contribution is 5.90. The predicted molar refractivity (Wildman–Crippen MR) is 45.1 cm³/mol. The predicted octanol–water partition coefficient (Wildman–Crippen LogP) is 2.22. The summed E-state index contributed by atoms with van der Waals surface area (Å²) in [6.45, 7) is 1.86. The third kappa shape index (κ3) is 2.54. The first kappa shape index (κ1) is 7.99. The van der Waals surface area contributed by atoms with E-state index in [0.29, 0.717) is 6.42 Å². The average molecular weight is 147 g/mol. The first-order chi connectivity index (χ1) is 5.33. The van der Waals surface area contributed by atoms with Crippen molar-refractivity contribution in [3.05, 3.63) is 42.3 Å². The molecule has 0 unspecified atom stereocenters. The molecule has 0 spiro atoms. The van der Waals surface area contributed by atoms with Crippen molar-refractivity contribution in [2.45, 2.75) is 13.3 Å². The quantitative estimate of drug-likeness (QED) is 0.640. The molecule has 0 heterocycles. The highest BCUT2D eigenvalue weighted by Gasteiger charge is 1.98. The zero-order valence-corrected chi connectivity index (χ0v) is 6.58. The molecule has 0 N–H and O–H groups in total. The first-order valence-electron chi connectivity index (χ1n) is 3.75. The fourth-order valence-electron chi connectivity index (χ4n) is 0.837. The molecule has 0 aliphatic rings. The molecule has 11 heavy (non-hydrogen) atoms. The highest BCUT2D eigenvalue weighted by atomic mass is 16.1. The van der Waals surface area contributed by atoms with Gasteiger partial charge in [0.1, 0.15) is 5.78 Å². The van der Waals surface area contributed by atoms with Crippen LogP contribution >= 0.6 is 0 Å². The molecule has 0 bridgehead atoms. The fourth-order valence-corrected chi connectivity index (χ4v) is 0.837. The Morgan fingerprint density at radius 1 is 1.36 bits per heavy atom. The lowest BCUT2D eigenvalue weighted by Gasteiger charge is -1.95. The summed E-state index contributed by atoms with van der Waals surface area (Å²) in [6.07, 6.45) is 2.24. The number of hydrogen-bond donors (Lipinski definition) is 0. The van der Waals surface area contributed by atoms with Gasteiger partial charge in [0.15, 0.2) is 0 Å². The molecule has 0 fully saturated rings. The van der Waals surface area contributed by atoms with Crippen molar-refractivity contribution in [1.29, 1.82) is 0 Å². The van der Waals surface area contributed by atoms with Gasteiger partial charge in [0.2, 0.25) is 0 Å². The number of Topliss-reactive ketones (excluding diaryl/α,β-unsaturated/α-hetero) is 1. The van der Waals surface area contributed by atoms with E-state index in [9.17, 15) is 4.79 Å².